The second-order valence-corrected chi connectivity index (χ2v) is 7.47. The predicted molar refractivity (Wildman–Crippen MR) is 98.1 cm³/mol. The van der Waals surface area contributed by atoms with E-state index < -0.39 is 5.60 Å². The molecule has 0 aliphatic carbocycles. The second-order valence-electron chi connectivity index (χ2n) is 7.47. The number of carbonyl (C=O) groups is 1. The molecule has 2 saturated heterocycles. The van der Waals surface area contributed by atoms with Crippen molar-refractivity contribution >= 4 is 5.97 Å². The summed E-state index contributed by atoms with van der Waals surface area (Å²) in [6.45, 7) is 1.89. The molecule has 2 aliphatic heterocycles. The minimum absolute atomic E-state index is 0.158. The standard InChI is InChI=1S/C21H28FNO3/c1-26-20(24)5-3-2-4-16-10-12-23-13-11-21(25,15-19(23)14-16)17-6-8-18(22)9-7-17/h4,6-9,19,25H,2-3,5,10-15H2,1H3/b16-4-. The maximum atomic E-state index is 13.2. The lowest BCUT2D eigenvalue weighted by Gasteiger charge is -2.47. The van der Waals surface area contributed by atoms with E-state index in [4.69, 9.17) is 0 Å². The van der Waals surface area contributed by atoms with Gasteiger partial charge in [0.15, 0.2) is 0 Å². The number of hydrogen-bond acceptors (Lipinski definition) is 4. The molecule has 0 bridgehead atoms. The number of rotatable bonds is 5. The van der Waals surface area contributed by atoms with Crippen LogP contribution in [0.15, 0.2) is 35.9 Å². The Morgan fingerprint density at radius 3 is 2.88 bits per heavy atom. The first-order valence-corrected chi connectivity index (χ1v) is 9.47. The molecule has 3 rings (SSSR count). The van der Waals surface area contributed by atoms with Crippen LogP contribution >= 0.6 is 0 Å². The number of hydrogen-bond donors (Lipinski definition) is 1. The number of methoxy groups -OCH3 is 1. The molecule has 2 atom stereocenters. The largest absolute Gasteiger partial charge is 0.469 e. The summed E-state index contributed by atoms with van der Waals surface area (Å²) in [4.78, 5) is 13.6. The van der Waals surface area contributed by atoms with E-state index in [1.807, 2.05) is 0 Å². The monoisotopic (exact) mass is 361 g/mol. The fourth-order valence-electron chi connectivity index (χ4n) is 4.18. The van der Waals surface area contributed by atoms with Crippen LogP contribution in [0, 0.1) is 5.82 Å². The van der Waals surface area contributed by atoms with E-state index in [-0.39, 0.29) is 11.8 Å². The third-order valence-corrected chi connectivity index (χ3v) is 5.75. The number of fused-ring (bicyclic) bond motifs is 1. The van der Waals surface area contributed by atoms with E-state index in [9.17, 15) is 14.3 Å². The van der Waals surface area contributed by atoms with Crippen molar-refractivity contribution in [3.63, 3.8) is 0 Å². The zero-order valence-electron chi connectivity index (χ0n) is 15.4. The van der Waals surface area contributed by atoms with Gasteiger partial charge in [-0.25, -0.2) is 4.39 Å². The van der Waals surface area contributed by atoms with Crippen LogP contribution in [0.3, 0.4) is 0 Å². The van der Waals surface area contributed by atoms with Gasteiger partial charge in [0.1, 0.15) is 5.82 Å². The third-order valence-electron chi connectivity index (χ3n) is 5.75. The Morgan fingerprint density at radius 1 is 1.38 bits per heavy atom. The van der Waals surface area contributed by atoms with Gasteiger partial charge >= 0.3 is 5.97 Å². The molecule has 1 aromatic carbocycles. The molecule has 26 heavy (non-hydrogen) atoms. The number of aliphatic hydroxyl groups is 1. The molecule has 2 fully saturated rings. The van der Waals surface area contributed by atoms with Gasteiger partial charge in [-0.2, -0.15) is 0 Å². The third kappa shape index (κ3) is 4.51. The number of halogens is 1. The van der Waals surface area contributed by atoms with Crippen LogP contribution in [0.4, 0.5) is 4.39 Å². The number of benzene rings is 1. The van der Waals surface area contributed by atoms with Gasteiger partial charge in [0.05, 0.1) is 12.7 Å². The molecule has 2 aliphatic rings. The first-order chi connectivity index (χ1) is 12.5. The Balaban J connectivity index is 1.59. The summed E-state index contributed by atoms with van der Waals surface area (Å²) in [5, 5.41) is 11.1. The summed E-state index contributed by atoms with van der Waals surface area (Å²) in [5.41, 5.74) is 1.36. The molecule has 0 radical (unpaired) electrons. The topological polar surface area (TPSA) is 49.8 Å². The molecule has 4 nitrogen and oxygen atoms in total. The average Bonchev–Trinajstić information content (AvgIpc) is 2.65. The number of unbranched alkanes of at least 4 members (excludes halogenated alkanes) is 1. The number of allylic oxidation sites excluding steroid dienone is 1. The smallest absolute Gasteiger partial charge is 0.305 e. The highest BCUT2D eigenvalue weighted by Gasteiger charge is 2.40. The van der Waals surface area contributed by atoms with Crippen LogP contribution in [-0.2, 0) is 15.1 Å². The molecule has 142 valence electrons. The van der Waals surface area contributed by atoms with E-state index in [2.05, 4.69) is 15.7 Å². The summed E-state index contributed by atoms with van der Waals surface area (Å²) in [6, 6.07) is 6.58. The summed E-state index contributed by atoms with van der Waals surface area (Å²) in [6.07, 6.45) is 7.80. The fourth-order valence-corrected chi connectivity index (χ4v) is 4.18. The van der Waals surface area contributed by atoms with Crippen molar-refractivity contribution in [1.82, 2.24) is 4.90 Å². The first kappa shape index (κ1) is 19.1. The number of piperidine rings is 2. The number of ether oxygens (including phenoxy) is 1. The molecule has 0 amide bonds. The van der Waals surface area contributed by atoms with E-state index >= 15 is 0 Å². The highest BCUT2D eigenvalue weighted by atomic mass is 19.1. The van der Waals surface area contributed by atoms with Crippen LogP contribution in [0.5, 0.6) is 0 Å². The number of nitrogens with zero attached hydrogens (tertiary/aromatic N) is 1. The van der Waals surface area contributed by atoms with Gasteiger partial charge in [0, 0.05) is 25.6 Å². The Kier molecular flexibility index (Phi) is 6.09. The maximum absolute atomic E-state index is 13.2. The highest BCUT2D eigenvalue weighted by molar-refractivity contribution is 5.69. The van der Waals surface area contributed by atoms with Crippen LogP contribution < -0.4 is 0 Å². The van der Waals surface area contributed by atoms with Gasteiger partial charge in [-0.05, 0) is 56.2 Å². The van der Waals surface area contributed by atoms with Crippen molar-refractivity contribution in [3.05, 3.63) is 47.3 Å². The average molecular weight is 361 g/mol. The zero-order valence-corrected chi connectivity index (χ0v) is 15.4. The van der Waals surface area contributed by atoms with Gasteiger partial charge < -0.3 is 9.84 Å². The second kappa shape index (κ2) is 8.31. The Bertz CT molecular complexity index is 658. The minimum Gasteiger partial charge on any atom is -0.469 e. The Hall–Kier alpha value is -1.72. The number of esters is 1. The molecular weight excluding hydrogens is 333 g/mol. The normalized spacial score (nSPS) is 28.0. The summed E-state index contributed by atoms with van der Waals surface area (Å²) in [7, 11) is 1.42. The molecule has 0 spiro atoms. The van der Waals surface area contributed by atoms with Crippen molar-refractivity contribution in [3.8, 4) is 0 Å². The molecule has 0 saturated carbocycles. The van der Waals surface area contributed by atoms with E-state index in [0.717, 1.165) is 44.3 Å². The number of carbonyl (C=O) groups excluding carboxylic acids is 1. The predicted octanol–water partition coefficient (Wildman–Crippen LogP) is 3.54. The lowest BCUT2D eigenvalue weighted by atomic mass is 9.77. The van der Waals surface area contributed by atoms with E-state index in [0.29, 0.717) is 25.3 Å². The van der Waals surface area contributed by atoms with Gasteiger partial charge in [0.25, 0.3) is 0 Å². The Morgan fingerprint density at radius 2 is 2.15 bits per heavy atom. The zero-order chi connectivity index (χ0) is 18.6. The van der Waals surface area contributed by atoms with Gasteiger partial charge in [-0.15, -0.1) is 0 Å². The summed E-state index contributed by atoms with van der Waals surface area (Å²) < 4.78 is 17.9. The molecule has 2 heterocycles. The van der Waals surface area contributed by atoms with Crippen molar-refractivity contribution in [2.45, 2.75) is 56.6 Å². The van der Waals surface area contributed by atoms with Crippen LogP contribution in [-0.4, -0.2) is 42.2 Å². The summed E-state index contributed by atoms with van der Waals surface area (Å²) >= 11 is 0. The van der Waals surface area contributed by atoms with Crippen LogP contribution in [0.1, 0.15) is 50.5 Å². The van der Waals surface area contributed by atoms with E-state index in [1.165, 1.54) is 24.8 Å². The molecular formula is C21H28FNO3. The highest BCUT2D eigenvalue weighted by Crippen LogP contribution is 2.40. The van der Waals surface area contributed by atoms with Gasteiger partial charge in [-0.1, -0.05) is 23.8 Å². The van der Waals surface area contributed by atoms with Crippen molar-refractivity contribution < 1.29 is 19.0 Å². The van der Waals surface area contributed by atoms with Crippen LogP contribution in [0.25, 0.3) is 0 Å². The minimum atomic E-state index is -0.873. The van der Waals surface area contributed by atoms with Gasteiger partial charge in [0.2, 0.25) is 0 Å². The molecule has 2 unspecified atom stereocenters. The van der Waals surface area contributed by atoms with Crippen molar-refractivity contribution in [1.29, 1.82) is 0 Å². The molecule has 0 aromatic heterocycles. The molecule has 1 aromatic rings. The maximum Gasteiger partial charge on any atom is 0.305 e. The molecule has 1 N–H and O–H groups in total. The first-order valence-electron chi connectivity index (χ1n) is 9.47. The van der Waals surface area contributed by atoms with Crippen molar-refractivity contribution in [2.75, 3.05) is 20.2 Å². The fraction of sp³-hybridized carbons (Fsp3) is 0.571. The quantitative estimate of drug-likeness (QED) is 0.495. The summed E-state index contributed by atoms with van der Waals surface area (Å²) in [5.74, 6) is -0.431. The molecule has 5 heteroatoms. The van der Waals surface area contributed by atoms with Crippen LogP contribution in [0.2, 0.25) is 0 Å². The lowest BCUT2D eigenvalue weighted by Crippen LogP contribution is -2.51. The van der Waals surface area contributed by atoms with E-state index in [1.54, 1.807) is 12.1 Å². The lowest BCUT2D eigenvalue weighted by molar-refractivity contribution is -0.140. The van der Waals surface area contributed by atoms with Crippen molar-refractivity contribution in [2.24, 2.45) is 0 Å². The SMILES string of the molecule is COC(=O)CCC/C=C1/CCN2CCC(O)(c3ccc(F)cc3)CC2C1. The Labute approximate surface area is 154 Å². The van der Waals surface area contributed by atoms with Gasteiger partial charge in [-0.3, -0.25) is 9.69 Å².